The van der Waals surface area contributed by atoms with Crippen molar-refractivity contribution in [2.75, 3.05) is 0 Å². The first kappa shape index (κ1) is 63.5. The van der Waals surface area contributed by atoms with Gasteiger partial charge in [0.25, 0.3) is 31.3 Å². The maximum absolute atomic E-state index is 10.9. The van der Waals surface area contributed by atoms with Crippen LogP contribution in [0, 0.1) is 0 Å². The van der Waals surface area contributed by atoms with E-state index >= 15 is 0 Å². The molecule has 4 rings (SSSR count). The zero-order valence-corrected chi connectivity index (χ0v) is 42.3. The van der Waals surface area contributed by atoms with E-state index in [1.807, 2.05) is 0 Å². The van der Waals surface area contributed by atoms with Gasteiger partial charge in [-0.2, -0.15) is 0 Å². The van der Waals surface area contributed by atoms with Gasteiger partial charge in [-0.05, 0) is 27.7 Å². The Morgan fingerprint density at radius 1 is 0.365 bits per heavy atom. The molecule has 0 bridgehead atoms. The maximum atomic E-state index is 10.9. The van der Waals surface area contributed by atoms with Gasteiger partial charge in [0, 0.05) is 0 Å². The minimum Gasteiger partial charge on any atom is -0.756 e. The number of rotatable bonds is 4. The van der Waals surface area contributed by atoms with E-state index in [-0.39, 0.29) is 118 Å². The van der Waals surface area contributed by atoms with Gasteiger partial charge in [-0.3, -0.25) is 54.5 Å². The molecule has 0 spiro atoms. The van der Waals surface area contributed by atoms with E-state index in [4.69, 9.17) is 21.0 Å². The monoisotopic (exact) mass is 968 g/mol. The van der Waals surface area contributed by atoms with Crippen LogP contribution in [0.3, 0.4) is 0 Å². The number of hydrogen-bond acceptors (Lipinski definition) is 32. The summed E-state index contributed by atoms with van der Waals surface area (Å²) >= 11 is 0. The predicted octanol–water partition coefficient (Wildman–Crippen LogP) is -10.1. The molecule has 0 aliphatic carbocycles. The fourth-order valence-electron chi connectivity index (χ4n) is 2.31. The smallest absolute Gasteiger partial charge is 0.756 e. The van der Waals surface area contributed by atoms with Gasteiger partial charge in [-0.25, -0.2) is 56.5 Å². The summed E-state index contributed by atoms with van der Waals surface area (Å²) in [7, 11) is -36.5. The van der Waals surface area contributed by atoms with Gasteiger partial charge in [-0.15, -0.1) is 18.7 Å². The van der Waals surface area contributed by atoms with E-state index in [0.29, 0.717) is 0 Å². The Hall–Kier alpha value is 4.88. The maximum Gasteiger partial charge on any atom is 1.00 e. The van der Waals surface area contributed by atoms with Crippen LogP contribution in [-0.2, 0) is 109 Å². The van der Waals surface area contributed by atoms with Crippen molar-refractivity contribution in [3.63, 3.8) is 0 Å². The Morgan fingerprint density at radius 2 is 0.500 bits per heavy atom. The summed E-state index contributed by atoms with van der Waals surface area (Å²) < 4.78 is 147. The largest absolute Gasteiger partial charge is 1.00 e. The van der Waals surface area contributed by atoms with E-state index in [0.717, 1.165) is 27.7 Å². The molecule has 4 aliphatic rings. The third kappa shape index (κ3) is 24.4. The van der Waals surface area contributed by atoms with Gasteiger partial charge < -0.3 is 19.6 Å². The topological polar surface area (TPSA) is 457 Å². The molecule has 4 fully saturated rings. The molecular weight excluding hydrogens is 948 g/mol. The van der Waals surface area contributed by atoms with Crippen LogP contribution in [0.1, 0.15) is 27.7 Å². The number of hydrogen-bond donors (Lipinski definition) is 4. The van der Waals surface area contributed by atoms with Crippen LogP contribution < -0.4 is 138 Å². The van der Waals surface area contributed by atoms with Crippen LogP contribution in [0.25, 0.3) is 0 Å². The van der Waals surface area contributed by atoms with Crippen molar-refractivity contribution in [1.82, 2.24) is 0 Å². The molecule has 4 heterocycles. The second-order valence-corrected chi connectivity index (χ2v) is 19.5. The van der Waals surface area contributed by atoms with E-state index in [9.17, 15) is 56.1 Å². The van der Waals surface area contributed by atoms with E-state index in [1.165, 1.54) is 0 Å². The molecule has 0 radical (unpaired) electrons. The Bertz CT molecular complexity index is 1280. The number of phosphoric acid groups is 8. The van der Waals surface area contributed by atoms with Crippen LogP contribution in [0.2, 0.25) is 0 Å². The quantitative estimate of drug-likeness (QED) is 0.0879. The van der Waals surface area contributed by atoms with Gasteiger partial charge >= 0.3 is 150 Å². The zero-order valence-electron chi connectivity index (χ0n) is 27.1. The second kappa shape index (κ2) is 25.7. The zero-order chi connectivity index (χ0) is 37.6. The van der Waals surface area contributed by atoms with Crippen LogP contribution in [0.15, 0.2) is 0 Å². The van der Waals surface area contributed by atoms with Crippen LogP contribution in [0.5, 0.6) is 0 Å². The molecule has 32 nitrogen and oxygen atoms in total. The van der Waals surface area contributed by atoms with Gasteiger partial charge in [0.15, 0.2) is 25.2 Å². The SMILES string of the molecule is CC1OP(=O)([O-])OP(=O)(OO)O1.CC1OP(=O)([O-])OP(=O)(OO)O1.CC1OP(=O)([O-])OP(=O)(OO)O1.CC1OP(=O)([O-])OP(=O)(OO)O1.[Na+].[Na+].[Na+].[Na+]. The molecule has 288 valence electrons. The summed E-state index contributed by atoms with van der Waals surface area (Å²) in [6, 6.07) is 0. The molecule has 4 aliphatic heterocycles. The van der Waals surface area contributed by atoms with Crippen LogP contribution in [-0.4, -0.2) is 46.2 Å². The molecule has 12 unspecified atom stereocenters. The summed E-state index contributed by atoms with van der Waals surface area (Å²) in [5.74, 6) is 0. The summed E-state index contributed by atoms with van der Waals surface area (Å²) in [5, 5.41) is 31.9. The molecule has 12 atom stereocenters. The first-order valence-electron chi connectivity index (χ1n) is 10.8. The van der Waals surface area contributed by atoms with Crippen molar-refractivity contribution < 1.29 is 267 Å². The molecule has 0 amide bonds. The minimum absolute atomic E-state index is 0. The predicted molar refractivity (Wildman–Crippen MR) is 127 cm³/mol. The van der Waals surface area contributed by atoms with E-state index in [1.54, 1.807) is 0 Å². The van der Waals surface area contributed by atoms with Crippen molar-refractivity contribution >= 4 is 62.6 Å². The molecule has 44 heteroatoms. The normalized spacial score (nSPS) is 45.3. The second-order valence-electron chi connectivity index (χ2n) is 7.34. The third-order valence-electron chi connectivity index (χ3n) is 3.42. The van der Waals surface area contributed by atoms with Gasteiger partial charge in [0.2, 0.25) is 0 Å². The fourth-order valence-corrected chi connectivity index (χ4v) is 11.6. The van der Waals surface area contributed by atoms with Gasteiger partial charge in [0.05, 0.1) is 0 Å². The molecule has 0 saturated carbocycles. The van der Waals surface area contributed by atoms with Crippen LogP contribution >= 0.6 is 62.6 Å². The molecule has 0 aromatic heterocycles. The standard InChI is InChI=1S/4C2H6O8P2.4Na/c4*1-2-7-11(4,5)10-12(6,8-2)9-3;;;;/h4*2-3H,1H3,(H,4,5);;;;/q;;;;4*+1/p-4. The van der Waals surface area contributed by atoms with Crippen molar-refractivity contribution in [1.29, 1.82) is 0 Å². The average Bonchev–Trinajstić information content (AvgIpc) is 2.84. The first-order chi connectivity index (χ1) is 21.5. The van der Waals surface area contributed by atoms with E-state index < -0.39 is 87.7 Å². The molecule has 52 heavy (non-hydrogen) atoms. The Morgan fingerprint density at radius 3 is 0.596 bits per heavy atom. The van der Waals surface area contributed by atoms with Crippen molar-refractivity contribution in [3.8, 4) is 0 Å². The average molecular weight is 968 g/mol. The minimum atomic E-state index is -4.70. The summed E-state index contributed by atoms with van der Waals surface area (Å²) in [6.45, 7) is 4.61. The van der Waals surface area contributed by atoms with Crippen molar-refractivity contribution in [3.05, 3.63) is 0 Å². The molecule has 0 aromatic rings. The first-order valence-corrected chi connectivity index (χ1v) is 22.5. The Kier molecular flexibility index (Phi) is 31.4. The Balaban J connectivity index is -0.000000288. The molecular formula is C8H20Na4O32P8. The van der Waals surface area contributed by atoms with Crippen molar-refractivity contribution in [2.24, 2.45) is 0 Å². The summed E-state index contributed by atoms with van der Waals surface area (Å²) in [5.41, 5.74) is 0. The van der Waals surface area contributed by atoms with Crippen molar-refractivity contribution in [2.45, 2.75) is 52.9 Å². The third-order valence-corrected chi connectivity index (χ3v) is 15.1. The van der Waals surface area contributed by atoms with E-state index in [2.05, 4.69) is 72.1 Å². The Labute approximate surface area is 378 Å². The fraction of sp³-hybridized carbons (Fsp3) is 1.00. The molecule has 4 N–H and O–H groups in total. The van der Waals surface area contributed by atoms with Crippen LogP contribution in [0.4, 0.5) is 0 Å². The van der Waals surface area contributed by atoms with Gasteiger partial charge in [-0.1, -0.05) is 0 Å². The molecule has 0 aromatic carbocycles. The summed E-state index contributed by atoms with van der Waals surface area (Å²) in [6.07, 6.45) is -5.28. The summed E-state index contributed by atoms with van der Waals surface area (Å²) in [4.78, 5) is 42.3. The van der Waals surface area contributed by atoms with Gasteiger partial charge in [0.1, 0.15) is 0 Å². The number of phosphoric ester groups is 4. The molecule has 4 saturated heterocycles.